The maximum atomic E-state index is 12.3. The number of nitrogens with one attached hydrogen (secondary N) is 1. The molecule has 0 saturated carbocycles. The van der Waals surface area contributed by atoms with Gasteiger partial charge in [-0.3, -0.25) is 4.79 Å². The highest BCUT2D eigenvalue weighted by atomic mass is 16.3. The van der Waals surface area contributed by atoms with Crippen molar-refractivity contribution in [2.24, 2.45) is 0 Å². The van der Waals surface area contributed by atoms with Crippen molar-refractivity contribution < 1.29 is 9.90 Å². The first-order chi connectivity index (χ1) is 10.7. The molecule has 0 fully saturated rings. The quantitative estimate of drug-likeness (QED) is 0.825. The van der Waals surface area contributed by atoms with Gasteiger partial charge >= 0.3 is 0 Å². The minimum Gasteiger partial charge on any atom is -0.391 e. The number of aliphatic hydroxyl groups is 1. The van der Waals surface area contributed by atoms with E-state index in [1.807, 2.05) is 67.6 Å². The molecule has 2 aromatic carbocycles. The predicted octanol–water partition coefficient (Wildman–Crippen LogP) is 2.90. The molecule has 3 nitrogen and oxygen atoms in total. The summed E-state index contributed by atoms with van der Waals surface area (Å²) >= 11 is 0. The van der Waals surface area contributed by atoms with E-state index in [1.165, 1.54) is 0 Å². The van der Waals surface area contributed by atoms with Gasteiger partial charge in [-0.05, 0) is 17.5 Å². The van der Waals surface area contributed by atoms with Crippen molar-refractivity contribution >= 4 is 5.91 Å². The lowest BCUT2D eigenvalue weighted by atomic mass is 9.95. The first kappa shape index (κ1) is 16.2. The Kier molecular flexibility index (Phi) is 6.16. The van der Waals surface area contributed by atoms with Gasteiger partial charge in [-0.25, -0.2) is 0 Å². The third-order valence-corrected chi connectivity index (χ3v) is 3.75. The van der Waals surface area contributed by atoms with Crippen molar-refractivity contribution in [2.45, 2.75) is 31.8 Å². The standard InChI is InChI=1S/C19H23NO2/c1-2-18(16-11-7-4-8-12-16)19(22)20-14-17(21)13-15-9-5-3-6-10-15/h3-12,17-18,21H,2,13-14H2,1H3,(H,20,22). The van der Waals surface area contributed by atoms with E-state index in [-0.39, 0.29) is 18.4 Å². The molecule has 2 rings (SSSR count). The molecule has 0 aliphatic carbocycles. The van der Waals surface area contributed by atoms with E-state index in [1.54, 1.807) is 0 Å². The van der Waals surface area contributed by atoms with Gasteiger partial charge in [0.15, 0.2) is 0 Å². The van der Waals surface area contributed by atoms with Gasteiger partial charge in [0.25, 0.3) is 0 Å². The highest BCUT2D eigenvalue weighted by Gasteiger charge is 2.18. The molecule has 2 atom stereocenters. The van der Waals surface area contributed by atoms with E-state index >= 15 is 0 Å². The minimum absolute atomic E-state index is 0.0270. The van der Waals surface area contributed by atoms with Gasteiger partial charge in [0, 0.05) is 13.0 Å². The van der Waals surface area contributed by atoms with Crippen LogP contribution in [-0.2, 0) is 11.2 Å². The molecule has 0 heterocycles. The Balaban J connectivity index is 1.86. The van der Waals surface area contributed by atoms with E-state index in [9.17, 15) is 9.90 Å². The van der Waals surface area contributed by atoms with Crippen LogP contribution in [0.5, 0.6) is 0 Å². The number of rotatable bonds is 7. The fourth-order valence-electron chi connectivity index (χ4n) is 2.56. The molecule has 3 heteroatoms. The molecule has 0 radical (unpaired) electrons. The van der Waals surface area contributed by atoms with Crippen LogP contribution >= 0.6 is 0 Å². The lowest BCUT2D eigenvalue weighted by Crippen LogP contribution is -2.36. The summed E-state index contributed by atoms with van der Waals surface area (Å²) in [4.78, 5) is 12.3. The Hall–Kier alpha value is -2.13. The number of benzene rings is 2. The molecule has 1 amide bonds. The third kappa shape index (κ3) is 4.71. The summed E-state index contributed by atoms with van der Waals surface area (Å²) in [5, 5.41) is 12.9. The fourth-order valence-corrected chi connectivity index (χ4v) is 2.56. The fraction of sp³-hybridized carbons (Fsp3) is 0.316. The Bertz CT molecular complexity index is 569. The normalized spacial score (nSPS) is 13.4. The Labute approximate surface area is 132 Å². The van der Waals surface area contributed by atoms with Gasteiger partial charge in [0.2, 0.25) is 5.91 Å². The van der Waals surface area contributed by atoms with Crippen LogP contribution in [0.3, 0.4) is 0 Å². The first-order valence-electron chi connectivity index (χ1n) is 7.75. The molecule has 116 valence electrons. The number of hydrogen-bond donors (Lipinski definition) is 2. The van der Waals surface area contributed by atoms with E-state index in [4.69, 9.17) is 0 Å². The molecule has 0 saturated heterocycles. The van der Waals surface area contributed by atoms with Crippen molar-refractivity contribution in [3.8, 4) is 0 Å². The smallest absolute Gasteiger partial charge is 0.227 e. The van der Waals surface area contributed by atoms with Gasteiger partial charge in [0.1, 0.15) is 0 Å². The van der Waals surface area contributed by atoms with E-state index in [2.05, 4.69) is 5.32 Å². The van der Waals surface area contributed by atoms with Crippen LogP contribution in [0, 0.1) is 0 Å². The monoisotopic (exact) mass is 297 g/mol. The molecular weight excluding hydrogens is 274 g/mol. The topological polar surface area (TPSA) is 49.3 Å². The molecule has 0 aromatic heterocycles. The van der Waals surface area contributed by atoms with Crippen molar-refractivity contribution in [1.29, 1.82) is 0 Å². The zero-order valence-electron chi connectivity index (χ0n) is 12.9. The van der Waals surface area contributed by atoms with Crippen molar-refractivity contribution in [1.82, 2.24) is 5.32 Å². The number of aliphatic hydroxyl groups excluding tert-OH is 1. The number of carbonyl (C=O) groups is 1. The number of amides is 1. The van der Waals surface area contributed by atoms with Gasteiger partial charge in [-0.15, -0.1) is 0 Å². The molecule has 2 unspecified atom stereocenters. The third-order valence-electron chi connectivity index (χ3n) is 3.75. The molecule has 22 heavy (non-hydrogen) atoms. The van der Waals surface area contributed by atoms with E-state index in [0.717, 1.165) is 17.5 Å². The number of carbonyl (C=O) groups excluding carboxylic acids is 1. The molecule has 2 N–H and O–H groups in total. The first-order valence-corrected chi connectivity index (χ1v) is 7.75. The van der Waals surface area contributed by atoms with Crippen molar-refractivity contribution in [3.63, 3.8) is 0 Å². The number of hydrogen-bond acceptors (Lipinski definition) is 2. The zero-order chi connectivity index (χ0) is 15.8. The minimum atomic E-state index is -0.570. The van der Waals surface area contributed by atoms with E-state index < -0.39 is 6.10 Å². The summed E-state index contributed by atoms with van der Waals surface area (Å²) in [5.74, 6) is -0.189. The van der Waals surface area contributed by atoms with Crippen LogP contribution in [0.4, 0.5) is 0 Å². The van der Waals surface area contributed by atoms with Crippen LogP contribution < -0.4 is 5.32 Å². The summed E-state index contributed by atoms with van der Waals surface area (Å²) in [6, 6.07) is 19.6. The molecule has 0 aliphatic rings. The van der Waals surface area contributed by atoms with Crippen molar-refractivity contribution in [3.05, 3.63) is 71.8 Å². The second-order valence-corrected chi connectivity index (χ2v) is 5.46. The lowest BCUT2D eigenvalue weighted by molar-refractivity contribution is -0.123. The van der Waals surface area contributed by atoms with Crippen LogP contribution in [0.2, 0.25) is 0 Å². The van der Waals surface area contributed by atoms with Gasteiger partial charge in [-0.1, -0.05) is 67.6 Å². The Morgan fingerprint density at radius 3 is 2.23 bits per heavy atom. The summed E-state index contributed by atoms with van der Waals surface area (Å²) in [7, 11) is 0. The van der Waals surface area contributed by atoms with Crippen LogP contribution in [0.15, 0.2) is 60.7 Å². The van der Waals surface area contributed by atoms with Crippen LogP contribution in [0.1, 0.15) is 30.4 Å². The molecule has 0 bridgehead atoms. The second kappa shape index (κ2) is 8.35. The Morgan fingerprint density at radius 2 is 1.64 bits per heavy atom. The molecule has 0 aliphatic heterocycles. The average Bonchev–Trinajstić information content (AvgIpc) is 2.55. The molecule has 2 aromatic rings. The highest BCUT2D eigenvalue weighted by Crippen LogP contribution is 2.19. The summed E-state index contributed by atoms with van der Waals surface area (Å²) in [5.41, 5.74) is 2.08. The molecular formula is C19H23NO2. The van der Waals surface area contributed by atoms with Crippen LogP contribution in [-0.4, -0.2) is 23.7 Å². The van der Waals surface area contributed by atoms with Crippen molar-refractivity contribution in [2.75, 3.05) is 6.54 Å². The summed E-state index contributed by atoms with van der Waals surface area (Å²) in [6.07, 6.45) is 0.716. The maximum absolute atomic E-state index is 12.3. The van der Waals surface area contributed by atoms with Crippen LogP contribution in [0.25, 0.3) is 0 Å². The summed E-state index contributed by atoms with van der Waals surface area (Å²) < 4.78 is 0. The average molecular weight is 297 g/mol. The van der Waals surface area contributed by atoms with E-state index in [0.29, 0.717) is 6.42 Å². The lowest BCUT2D eigenvalue weighted by Gasteiger charge is -2.17. The SMILES string of the molecule is CCC(C(=O)NCC(O)Cc1ccccc1)c1ccccc1. The Morgan fingerprint density at radius 1 is 1.05 bits per heavy atom. The predicted molar refractivity (Wildman–Crippen MR) is 88.6 cm³/mol. The summed E-state index contributed by atoms with van der Waals surface area (Å²) in [6.45, 7) is 2.27. The van der Waals surface area contributed by atoms with Gasteiger partial charge in [0.05, 0.1) is 12.0 Å². The second-order valence-electron chi connectivity index (χ2n) is 5.46. The largest absolute Gasteiger partial charge is 0.391 e. The molecule has 0 spiro atoms. The van der Waals surface area contributed by atoms with Gasteiger partial charge < -0.3 is 10.4 Å². The maximum Gasteiger partial charge on any atom is 0.227 e. The highest BCUT2D eigenvalue weighted by molar-refractivity contribution is 5.83. The van der Waals surface area contributed by atoms with Gasteiger partial charge in [-0.2, -0.15) is 0 Å². The zero-order valence-corrected chi connectivity index (χ0v) is 12.9.